The highest BCUT2D eigenvalue weighted by Gasteiger charge is 2.78. The fourth-order valence-electron chi connectivity index (χ4n) is 9.57. The van der Waals surface area contributed by atoms with Gasteiger partial charge in [-0.05, 0) is 74.4 Å². The maximum Gasteiger partial charge on any atom is 0.416 e. The fourth-order valence-corrected chi connectivity index (χ4v) is 9.57. The van der Waals surface area contributed by atoms with Gasteiger partial charge in [-0.2, -0.15) is 13.2 Å². The summed E-state index contributed by atoms with van der Waals surface area (Å²) in [5.41, 5.74) is -0.258. The van der Waals surface area contributed by atoms with Gasteiger partial charge in [-0.25, -0.2) is 0 Å². The van der Waals surface area contributed by atoms with Gasteiger partial charge in [0, 0.05) is 39.4 Å². The van der Waals surface area contributed by atoms with Crippen LogP contribution in [0.25, 0.3) is 10.9 Å². The van der Waals surface area contributed by atoms with Crippen molar-refractivity contribution in [3.05, 3.63) is 82.6 Å². The molecule has 3 aromatic rings. The monoisotopic (exact) mass is 607 g/mol. The Morgan fingerprint density at radius 1 is 1.05 bits per heavy atom. The van der Waals surface area contributed by atoms with E-state index in [0.29, 0.717) is 30.4 Å². The highest BCUT2D eigenvalue weighted by molar-refractivity contribution is 5.97. The normalized spacial score (nSPS) is 38.6. The van der Waals surface area contributed by atoms with Crippen LogP contribution in [-0.2, 0) is 43.6 Å². The van der Waals surface area contributed by atoms with Crippen molar-refractivity contribution < 1.29 is 37.3 Å². The van der Waals surface area contributed by atoms with Crippen LogP contribution in [0, 0.1) is 11.3 Å². The van der Waals surface area contributed by atoms with E-state index in [1.54, 1.807) is 6.08 Å². The zero-order valence-corrected chi connectivity index (χ0v) is 25.2. The molecule has 2 N–H and O–H groups in total. The third-order valence-corrected chi connectivity index (χ3v) is 12.0. The zero-order chi connectivity index (χ0) is 31.1. The number of nitrogens with one attached hydrogen (secondary N) is 1. The molecule has 3 aliphatic carbocycles. The summed E-state index contributed by atoms with van der Waals surface area (Å²) >= 11 is 0. The lowest BCUT2D eigenvalue weighted by Crippen LogP contribution is -2.74. The Hall–Kier alpha value is -2.98. The maximum atomic E-state index is 13.5. The molecule has 2 unspecified atom stereocenters. The number of carbonyl (C=O) groups is 1. The molecule has 2 aromatic carbocycles. The Labute approximate surface area is 253 Å². The fraction of sp³-hybridized carbons (Fsp3) is 0.514. The first-order valence-electron chi connectivity index (χ1n) is 15.4. The third-order valence-electron chi connectivity index (χ3n) is 12.0. The van der Waals surface area contributed by atoms with Gasteiger partial charge in [0.2, 0.25) is 0 Å². The van der Waals surface area contributed by atoms with Crippen LogP contribution in [0.1, 0.15) is 69.3 Å². The highest BCUT2D eigenvalue weighted by Crippen LogP contribution is 2.72. The molecule has 2 saturated carbocycles. The lowest BCUT2D eigenvalue weighted by molar-refractivity contribution is -0.282. The second kappa shape index (κ2) is 8.63. The van der Waals surface area contributed by atoms with Gasteiger partial charge in [-0.3, -0.25) is 4.79 Å². The van der Waals surface area contributed by atoms with Crippen LogP contribution in [0.3, 0.4) is 0 Å². The molecule has 5 aliphatic rings. The molecule has 8 rings (SSSR count). The molecule has 1 aromatic heterocycles. The Balaban J connectivity index is 1.26. The Bertz CT molecular complexity index is 1740. The maximum absolute atomic E-state index is 13.5. The predicted octanol–water partition coefficient (Wildman–Crippen LogP) is 6.54. The SMILES string of the molecule is CC1(C)O[C@@]23CCC4(C)[C@@]5(C)c6[nH]c7ccccc7c6CC5C[C@H](OCc5ccc(C(F)(F)F)cc5)[C@@]4(O)C2=CC(=O)[C@@H]1O3. The lowest BCUT2D eigenvalue weighted by atomic mass is 9.41. The molecule has 1 saturated heterocycles. The van der Waals surface area contributed by atoms with E-state index in [9.17, 15) is 23.1 Å². The van der Waals surface area contributed by atoms with E-state index >= 15 is 0 Å². The smallest absolute Gasteiger partial charge is 0.382 e. The molecule has 9 heteroatoms. The summed E-state index contributed by atoms with van der Waals surface area (Å²) in [4.78, 5) is 17.2. The Morgan fingerprint density at radius 2 is 1.77 bits per heavy atom. The second-order valence-electron chi connectivity index (χ2n) is 14.4. The molecule has 1 spiro atoms. The summed E-state index contributed by atoms with van der Waals surface area (Å²) in [6, 6.07) is 13.1. The molecule has 232 valence electrons. The molecule has 2 bridgehead atoms. The van der Waals surface area contributed by atoms with Crippen molar-refractivity contribution in [2.24, 2.45) is 11.3 Å². The van der Waals surface area contributed by atoms with Crippen molar-refractivity contribution in [3.63, 3.8) is 0 Å². The summed E-state index contributed by atoms with van der Waals surface area (Å²) in [5.74, 6) is -1.40. The van der Waals surface area contributed by atoms with Gasteiger partial charge in [0.1, 0.15) is 11.2 Å². The van der Waals surface area contributed by atoms with E-state index in [2.05, 4.69) is 31.0 Å². The summed E-state index contributed by atoms with van der Waals surface area (Å²) in [7, 11) is 0. The summed E-state index contributed by atoms with van der Waals surface area (Å²) in [5, 5.41) is 14.5. The number of carbonyl (C=O) groups excluding carboxylic acids is 1. The number of aliphatic hydroxyl groups is 1. The van der Waals surface area contributed by atoms with E-state index in [4.69, 9.17) is 14.2 Å². The van der Waals surface area contributed by atoms with Crippen LogP contribution in [0.15, 0.2) is 60.2 Å². The highest BCUT2D eigenvalue weighted by atomic mass is 19.4. The van der Waals surface area contributed by atoms with Gasteiger partial charge in [0.05, 0.1) is 18.3 Å². The number of alkyl halides is 3. The molecule has 7 atom stereocenters. The number of aromatic amines is 1. The van der Waals surface area contributed by atoms with Gasteiger partial charge < -0.3 is 24.3 Å². The van der Waals surface area contributed by atoms with Gasteiger partial charge in [0.25, 0.3) is 0 Å². The summed E-state index contributed by atoms with van der Waals surface area (Å²) in [6.45, 7) is 8.00. The second-order valence-corrected chi connectivity index (χ2v) is 14.4. The number of fused-ring (bicyclic) bond motifs is 9. The summed E-state index contributed by atoms with van der Waals surface area (Å²) < 4.78 is 59.2. The van der Waals surface area contributed by atoms with Crippen LogP contribution in [-0.4, -0.2) is 45.1 Å². The number of aromatic nitrogens is 1. The first-order chi connectivity index (χ1) is 20.6. The number of rotatable bonds is 3. The lowest BCUT2D eigenvalue weighted by Gasteiger charge is -2.67. The van der Waals surface area contributed by atoms with E-state index in [1.807, 2.05) is 26.0 Å². The molecule has 2 aliphatic heterocycles. The minimum Gasteiger partial charge on any atom is -0.382 e. The number of H-pyrrole nitrogens is 1. The van der Waals surface area contributed by atoms with Crippen LogP contribution < -0.4 is 0 Å². The van der Waals surface area contributed by atoms with Crippen LogP contribution >= 0.6 is 0 Å². The molecule has 3 heterocycles. The van der Waals surface area contributed by atoms with E-state index in [0.717, 1.165) is 29.8 Å². The Morgan fingerprint density at radius 3 is 2.50 bits per heavy atom. The largest absolute Gasteiger partial charge is 0.416 e. The molecular formula is C35H36F3NO5. The first-order valence-corrected chi connectivity index (χ1v) is 15.4. The average molecular weight is 608 g/mol. The Kier molecular flexibility index (Phi) is 5.59. The van der Waals surface area contributed by atoms with Gasteiger partial charge in [-0.1, -0.05) is 44.2 Å². The van der Waals surface area contributed by atoms with Gasteiger partial charge >= 0.3 is 6.18 Å². The molecule has 6 nitrogen and oxygen atoms in total. The zero-order valence-electron chi connectivity index (χ0n) is 25.2. The number of hydrogen-bond acceptors (Lipinski definition) is 5. The van der Waals surface area contributed by atoms with Crippen LogP contribution in [0.4, 0.5) is 13.2 Å². The third kappa shape index (κ3) is 3.39. The van der Waals surface area contributed by atoms with Crippen molar-refractivity contribution in [1.82, 2.24) is 4.98 Å². The predicted molar refractivity (Wildman–Crippen MR) is 156 cm³/mol. The van der Waals surface area contributed by atoms with Gasteiger partial charge in [0.15, 0.2) is 17.7 Å². The number of benzene rings is 2. The van der Waals surface area contributed by atoms with Crippen LogP contribution in [0.5, 0.6) is 0 Å². The molecular weight excluding hydrogens is 571 g/mol. The van der Waals surface area contributed by atoms with E-state index in [1.165, 1.54) is 23.1 Å². The minimum atomic E-state index is -4.43. The van der Waals surface area contributed by atoms with Gasteiger partial charge in [-0.15, -0.1) is 0 Å². The van der Waals surface area contributed by atoms with Crippen molar-refractivity contribution >= 4 is 16.7 Å². The van der Waals surface area contributed by atoms with Crippen molar-refractivity contribution in [2.45, 2.75) is 101 Å². The van der Waals surface area contributed by atoms with E-state index in [-0.39, 0.29) is 18.3 Å². The average Bonchev–Trinajstić information content (AvgIpc) is 3.56. The topological polar surface area (TPSA) is 80.8 Å². The number of halogens is 3. The number of hydrogen-bond donors (Lipinski definition) is 2. The number of ketones is 1. The molecule has 0 amide bonds. The van der Waals surface area contributed by atoms with Crippen molar-refractivity contribution in [3.8, 4) is 0 Å². The first kappa shape index (κ1) is 28.5. The molecule has 44 heavy (non-hydrogen) atoms. The standard InChI is InChI=1S/C35H36F3NO5/c1-30(2)29-25(40)17-26-33(43-29,44-30)14-13-31(3)32(4)21(15-23-22-7-5-6-8-24(22)39-28(23)32)16-27(34(26,31)41)42-18-19-9-11-20(12-10-19)35(36,37)38/h5-12,17,21,27,29,39,41H,13-16,18H2,1-4H3/t21?,27-,29-,31?,32+,33-,34-/m0/s1. The van der Waals surface area contributed by atoms with Crippen LogP contribution in [0.2, 0.25) is 0 Å². The minimum absolute atomic E-state index is 0.00289. The molecule has 0 radical (unpaired) electrons. The molecule has 3 fully saturated rings. The number of ether oxygens (including phenoxy) is 3. The van der Waals surface area contributed by atoms with Crippen molar-refractivity contribution in [2.75, 3.05) is 0 Å². The quantitative estimate of drug-likeness (QED) is 0.354. The summed E-state index contributed by atoms with van der Waals surface area (Å²) in [6.07, 6.45) is -2.15. The van der Waals surface area contributed by atoms with Crippen molar-refractivity contribution in [1.29, 1.82) is 0 Å². The number of para-hydroxylation sites is 1. The van der Waals surface area contributed by atoms with E-state index < -0.39 is 51.8 Å².